The van der Waals surface area contributed by atoms with Crippen molar-refractivity contribution < 1.29 is 23.5 Å². The van der Waals surface area contributed by atoms with Gasteiger partial charge in [-0.05, 0) is 23.4 Å². The molecule has 0 saturated carbocycles. The zero-order valence-electron chi connectivity index (χ0n) is 14.9. The van der Waals surface area contributed by atoms with Gasteiger partial charge >= 0.3 is 6.09 Å². The average molecular weight is 378 g/mol. The zero-order chi connectivity index (χ0) is 19.4. The summed E-state index contributed by atoms with van der Waals surface area (Å²) < 4.78 is 24.7. The fourth-order valence-corrected chi connectivity index (χ4v) is 2.57. The van der Waals surface area contributed by atoms with E-state index in [1.807, 2.05) is 0 Å². The molecule has 1 saturated heterocycles. The second kappa shape index (κ2) is 8.08. The van der Waals surface area contributed by atoms with Gasteiger partial charge in [-0.2, -0.15) is 4.80 Å². The van der Waals surface area contributed by atoms with Crippen molar-refractivity contribution in [3.63, 3.8) is 0 Å². The van der Waals surface area contributed by atoms with E-state index in [2.05, 4.69) is 20.7 Å². The lowest BCUT2D eigenvalue weighted by Gasteiger charge is -2.13. The van der Waals surface area contributed by atoms with Crippen LogP contribution in [0, 0.1) is 5.82 Å². The predicted octanol–water partition coefficient (Wildman–Crippen LogP) is 0.587. The maximum absolute atomic E-state index is 14.6. The molecule has 27 heavy (non-hydrogen) atoms. The number of benzene rings is 1. The largest absolute Gasteiger partial charge is 0.442 e. The third-order valence-electron chi connectivity index (χ3n) is 3.91. The van der Waals surface area contributed by atoms with Crippen LogP contribution in [0.1, 0.15) is 6.92 Å². The summed E-state index contributed by atoms with van der Waals surface area (Å²) >= 11 is 0. The fourth-order valence-electron chi connectivity index (χ4n) is 2.57. The minimum absolute atomic E-state index is 0.141. The first-order valence-electron chi connectivity index (χ1n) is 8.27. The van der Waals surface area contributed by atoms with Crippen LogP contribution in [0.4, 0.5) is 14.9 Å². The quantitative estimate of drug-likeness (QED) is 0.750. The Morgan fingerprint density at radius 1 is 1.48 bits per heavy atom. The van der Waals surface area contributed by atoms with Gasteiger partial charge in [0.25, 0.3) is 0 Å². The van der Waals surface area contributed by atoms with Crippen LogP contribution in [0.5, 0.6) is 0 Å². The number of halogens is 1. The standard InChI is InChI=1S/C16H19FN6O4/c1-10(24)18-8-12-9-22(16(25)27-12)11-3-4-13(14(17)7-11)15-19-21-23(20-15)5-6-26-2/h3-4,7,12H,5-6,8-9H2,1-2H3,(H,18,24)/t12-/m0/s1. The summed E-state index contributed by atoms with van der Waals surface area (Å²) in [4.78, 5) is 25.6. The van der Waals surface area contributed by atoms with Crippen molar-refractivity contribution in [3.05, 3.63) is 24.0 Å². The summed E-state index contributed by atoms with van der Waals surface area (Å²) in [6.07, 6.45) is -1.09. The molecular weight excluding hydrogens is 359 g/mol. The Balaban J connectivity index is 1.72. The Morgan fingerprint density at radius 2 is 2.30 bits per heavy atom. The van der Waals surface area contributed by atoms with Gasteiger partial charge in [0.15, 0.2) is 0 Å². The van der Waals surface area contributed by atoms with Gasteiger partial charge < -0.3 is 14.8 Å². The van der Waals surface area contributed by atoms with Gasteiger partial charge in [0, 0.05) is 14.0 Å². The van der Waals surface area contributed by atoms with Crippen LogP contribution in [0.2, 0.25) is 0 Å². The van der Waals surface area contributed by atoms with E-state index in [1.165, 1.54) is 28.8 Å². The van der Waals surface area contributed by atoms with Crippen molar-refractivity contribution in [2.24, 2.45) is 0 Å². The minimum atomic E-state index is -0.596. The van der Waals surface area contributed by atoms with Crippen LogP contribution < -0.4 is 10.2 Å². The first-order valence-corrected chi connectivity index (χ1v) is 8.27. The molecule has 10 nitrogen and oxygen atoms in total. The van der Waals surface area contributed by atoms with Gasteiger partial charge in [-0.3, -0.25) is 9.69 Å². The van der Waals surface area contributed by atoms with E-state index >= 15 is 0 Å². The maximum atomic E-state index is 14.6. The first kappa shape index (κ1) is 18.7. The van der Waals surface area contributed by atoms with E-state index in [0.29, 0.717) is 18.8 Å². The molecule has 1 aliphatic heterocycles. The third-order valence-corrected chi connectivity index (χ3v) is 3.91. The number of ether oxygens (including phenoxy) is 2. The van der Waals surface area contributed by atoms with Crippen LogP contribution in [0.25, 0.3) is 11.4 Å². The van der Waals surface area contributed by atoms with Crippen LogP contribution in [0.3, 0.4) is 0 Å². The Labute approximate surface area is 154 Å². The molecule has 1 aliphatic rings. The Hall–Kier alpha value is -3.08. The fraction of sp³-hybridized carbons (Fsp3) is 0.438. The molecule has 1 N–H and O–H groups in total. The Bertz CT molecular complexity index is 842. The molecule has 3 rings (SSSR count). The van der Waals surface area contributed by atoms with Gasteiger partial charge in [0.2, 0.25) is 11.7 Å². The van der Waals surface area contributed by atoms with E-state index < -0.39 is 18.0 Å². The SMILES string of the molecule is COCCn1nnc(-c2ccc(N3C[C@H](CNC(C)=O)OC3=O)cc2F)n1. The zero-order valence-corrected chi connectivity index (χ0v) is 14.9. The topological polar surface area (TPSA) is 111 Å². The second-order valence-electron chi connectivity index (χ2n) is 5.92. The number of hydrogen-bond acceptors (Lipinski definition) is 7. The number of carbonyl (C=O) groups excluding carboxylic acids is 2. The van der Waals surface area contributed by atoms with Crippen molar-refractivity contribution in [2.45, 2.75) is 19.6 Å². The predicted molar refractivity (Wildman–Crippen MR) is 91.4 cm³/mol. The van der Waals surface area contributed by atoms with Crippen LogP contribution in [-0.4, -0.2) is 65.1 Å². The minimum Gasteiger partial charge on any atom is -0.442 e. The Kier molecular flexibility index (Phi) is 5.60. The molecule has 1 aromatic heterocycles. The molecule has 0 aliphatic carbocycles. The Morgan fingerprint density at radius 3 is 3.00 bits per heavy atom. The van der Waals surface area contributed by atoms with E-state index in [1.54, 1.807) is 13.2 Å². The van der Waals surface area contributed by atoms with Crippen molar-refractivity contribution in [1.29, 1.82) is 0 Å². The number of carbonyl (C=O) groups is 2. The molecule has 0 unspecified atom stereocenters. The monoisotopic (exact) mass is 378 g/mol. The lowest BCUT2D eigenvalue weighted by atomic mass is 10.1. The second-order valence-corrected chi connectivity index (χ2v) is 5.92. The summed E-state index contributed by atoms with van der Waals surface area (Å²) in [5.41, 5.74) is 0.517. The van der Waals surface area contributed by atoms with Crippen LogP contribution in [-0.2, 0) is 20.8 Å². The maximum Gasteiger partial charge on any atom is 0.414 e. The molecule has 2 heterocycles. The number of cyclic esters (lactones) is 1. The molecule has 2 amide bonds. The van der Waals surface area contributed by atoms with Gasteiger partial charge in [-0.15, -0.1) is 10.2 Å². The van der Waals surface area contributed by atoms with Crippen LogP contribution >= 0.6 is 0 Å². The van der Waals surface area contributed by atoms with Crippen molar-refractivity contribution in [2.75, 3.05) is 31.7 Å². The molecular formula is C16H19FN6O4. The molecule has 1 fully saturated rings. The number of anilines is 1. The lowest BCUT2D eigenvalue weighted by Crippen LogP contribution is -2.33. The van der Waals surface area contributed by atoms with Gasteiger partial charge in [-0.1, -0.05) is 0 Å². The number of nitrogens with one attached hydrogen (secondary N) is 1. The molecule has 144 valence electrons. The highest BCUT2D eigenvalue weighted by atomic mass is 19.1. The van der Waals surface area contributed by atoms with E-state index in [4.69, 9.17) is 9.47 Å². The summed E-state index contributed by atoms with van der Waals surface area (Å²) in [6.45, 7) is 2.60. The highest BCUT2D eigenvalue weighted by Crippen LogP contribution is 2.27. The summed E-state index contributed by atoms with van der Waals surface area (Å²) in [5.74, 6) is -0.662. The van der Waals surface area contributed by atoms with Crippen molar-refractivity contribution >= 4 is 17.7 Å². The van der Waals surface area contributed by atoms with Crippen LogP contribution in [0.15, 0.2) is 18.2 Å². The highest BCUT2D eigenvalue weighted by Gasteiger charge is 2.32. The van der Waals surface area contributed by atoms with Gasteiger partial charge in [0.1, 0.15) is 11.9 Å². The molecule has 11 heteroatoms. The summed E-state index contributed by atoms with van der Waals surface area (Å²) in [6, 6.07) is 4.28. The number of amides is 2. The van der Waals surface area contributed by atoms with Crippen molar-refractivity contribution in [1.82, 2.24) is 25.5 Å². The average Bonchev–Trinajstić information content (AvgIpc) is 3.24. The van der Waals surface area contributed by atoms with E-state index in [-0.39, 0.29) is 30.4 Å². The molecule has 2 aromatic rings. The highest BCUT2D eigenvalue weighted by molar-refractivity contribution is 5.90. The third kappa shape index (κ3) is 4.37. The normalized spacial score (nSPS) is 16.5. The molecule has 1 aromatic carbocycles. The summed E-state index contributed by atoms with van der Waals surface area (Å²) in [5, 5.41) is 14.4. The first-order chi connectivity index (χ1) is 13.0. The van der Waals surface area contributed by atoms with E-state index in [9.17, 15) is 14.0 Å². The number of rotatable bonds is 7. The lowest BCUT2D eigenvalue weighted by molar-refractivity contribution is -0.119. The van der Waals surface area contributed by atoms with Crippen molar-refractivity contribution in [3.8, 4) is 11.4 Å². The summed E-state index contributed by atoms with van der Waals surface area (Å²) in [7, 11) is 1.56. The van der Waals surface area contributed by atoms with Gasteiger partial charge in [0.05, 0.1) is 37.5 Å². The molecule has 0 bridgehead atoms. The van der Waals surface area contributed by atoms with E-state index in [0.717, 1.165) is 0 Å². The molecule has 0 spiro atoms. The smallest absolute Gasteiger partial charge is 0.414 e. The number of aromatic nitrogens is 4. The number of nitrogens with zero attached hydrogens (tertiary/aromatic N) is 5. The number of hydrogen-bond donors (Lipinski definition) is 1. The van der Waals surface area contributed by atoms with Gasteiger partial charge in [-0.25, -0.2) is 9.18 Å². The number of tetrazole rings is 1. The molecule has 0 radical (unpaired) electrons. The molecule has 1 atom stereocenters. The number of methoxy groups -OCH3 is 1.